The summed E-state index contributed by atoms with van der Waals surface area (Å²) in [6.45, 7) is 6.12. The molecule has 0 saturated carbocycles. The molecule has 3 atom stereocenters. The second kappa shape index (κ2) is 6.34. The third-order valence-corrected chi connectivity index (χ3v) is 3.95. The van der Waals surface area contributed by atoms with Gasteiger partial charge in [-0.05, 0) is 26.1 Å². The van der Waals surface area contributed by atoms with Gasteiger partial charge in [-0.25, -0.2) is 0 Å². The highest BCUT2D eigenvalue weighted by atomic mass is 28.4. The molecule has 0 heterocycles. The molecule has 108 valence electrons. The maximum absolute atomic E-state index is 12.0. The topological polar surface area (TPSA) is 61.8 Å². The van der Waals surface area contributed by atoms with Crippen LogP contribution in [0, 0.1) is 11.8 Å². The van der Waals surface area contributed by atoms with Crippen LogP contribution >= 0.6 is 0 Å². The van der Waals surface area contributed by atoms with E-state index in [2.05, 4.69) is 0 Å². The van der Waals surface area contributed by atoms with E-state index in [9.17, 15) is 9.59 Å². The predicted molar refractivity (Wildman–Crippen MR) is 73.0 cm³/mol. The van der Waals surface area contributed by atoms with Crippen LogP contribution in [0.1, 0.15) is 6.42 Å². The molecule has 19 heavy (non-hydrogen) atoms. The van der Waals surface area contributed by atoms with Crippen LogP contribution in [-0.2, 0) is 23.5 Å². The predicted octanol–water partition coefficient (Wildman–Crippen LogP) is 1.74. The van der Waals surface area contributed by atoms with E-state index in [0.717, 1.165) is 0 Å². The summed E-state index contributed by atoms with van der Waals surface area (Å²) < 4.78 is 15.6. The zero-order chi connectivity index (χ0) is 14.6. The first-order chi connectivity index (χ1) is 8.80. The highest BCUT2D eigenvalue weighted by Gasteiger charge is 2.43. The van der Waals surface area contributed by atoms with Crippen LogP contribution in [0.15, 0.2) is 12.2 Å². The summed E-state index contributed by atoms with van der Waals surface area (Å²) in [7, 11) is 0.812. The number of rotatable bonds is 4. The molecule has 0 bridgehead atoms. The SMILES string of the molecule is COC(=O)C1CC=CC(O[Si](C)(C)C)C1C(=O)OC. The first-order valence-corrected chi connectivity index (χ1v) is 9.71. The van der Waals surface area contributed by atoms with Crippen LogP contribution in [0.5, 0.6) is 0 Å². The third-order valence-electron chi connectivity index (χ3n) is 2.97. The Kier molecular flexibility index (Phi) is 5.31. The minimum atomic E-state index is -1.83. The zero-order valence-electron chi connectivity index (χ0n) is 12.1. The highest BCUT2D eigenvalue weighted by molar-refractivity contribution is 6.69. The van der Waals surface area contributed by atoms with E-state index < -0.39 is 38.2 Å². The number of allylic oxidation sites excluding steroid dienone is 1. The fourth-order valence-corrected chi connectivity index (χ4v) is 3.25. The second-order valence-electron chi connectivity index (χ2n) is 5.54. The average molecular weight is 286 g/mol. The van der Waals surface area contributed by atoms with Gasteiger partial charge in [0.15, 0.2) is 8.32 Å². The van der Waals surface area contributed by atoms with Gasteiger partial charge in [-0.15, -0.1) is 0 Å². The van der Waals surface area contributed by atoms with Gasteiger partial charge in [-0.3, -0.25) is 9.59 Å². The average Bonchev–Trinajstić information content (AvgIpc) is 2.34. The first-order valence-electron chi connectivity index (χ1n) is 6.30. The number of hydrogen-bond acceptors (Lipinski definition) is 5. The van der Waals surface area contributed by atoms with E-state index in [1.807, 2.05) is 31.8 Å². The monoisotopic (exact) mass is 286 g/mol. The molecule has 0 aliphatic heterocycles. The molecule has 0 saturated heterocycles. The number of esters is 2. The molecule has 0 amide bonds. The normalized spacial score (nSPS) is 26.9. The van der Waals surface area contributed by atoms with Crippen molar-refractivity contribution in [2.75, 3.05) is 14.2 Å². The largest absolute Gasteiger partial charge is 0.469 e. The summed E-state index contributed by atoms with van der Waals surface area (Å²) in [6.07, 6.45) is 3.76. The Bertz CT molecular complexity index is 372. The third kappa shape index (κ3) is 4.17. The molecule has 0 radical (unpaired) electrons. The number of carbonyl (C=O) groups excluding carboxylic acids is 2. The molecule has 1 rings (SSSR count). The first kappa shape index (κ1) is 15.9. The van der Waals surface area contributed by atoms with Gasteiger partial charge < -0.3 is 13.9 Å². The van der Waals surface area contributed by atoms with Gasteiger partial charge in [0.25, 0.3) is 0 Å². The number of hydrogen-bond donors (Lipinski definition) is 0. The van der Waals surface area contributed by atoms with Crippen molar-refractivity contribution in [2.24, 2.45) is 11.8 Å². The Labute approximate surface area is 115 Å². The molecule has 0 aromatic carbocycles. The van der Waals surface area contributed by atoms with Crippen LogP contribution in [-0.4, -0.2) is 40.6 Å². The van der Waals surface area contributed by atoms with Crippen molar-refractivity contribution in [3.63, 3.8) is 0 Å². The molecular formula is C13H22O5Si. The van der Waals surface area contributed by atoms with Crippen molar-refractivity contribution in [2.45, 2.75) is 32.2 Å². The van der Waals surface area contributed by atoms with Gasteiger partial charge in [0.05, 0.1) is 32.2 Å². The van der Waals surface area contributed by atoms with E-state index in [0.29, 0.717) is 6.42 Å². The summed E-state index contributed by atoms with van der Waals surface area (Å²) >= 11 is 0. The van der Waals surface area contributed by atoms with E-state index >= 15 is 0 Å². The minimum Gasteiger partial charge on any atom is -0.469 e. The van der Waals surface area contributed by atoms with E-state index in [4.69, 9.17) is 13.9 Å². The minimum absolute atomic E-state index is 0.399. The van der Waals surface area contributed by atoms with E-state index in [1.165, 1.54) is 14.2 Å². The van der Waals surface area contributed by atoms with Crippen molar-refractivity contribution in [3.8, 4) is 0 Å². The number of ether oxygens (including phenoxy) is 2. The summed E-state index contributed by atoms with van der Waals surface area (Å²) in [5, 5.41) is 0. The van der Waals surface area contributed by atoms with Gasteiger partial charge in [0, 0.05) is 0 Å². The van der Waals surface area contributed by atoms with Crippen molar-refractivity contribution in [1.82, 2.24) is 0 Å². The lowest BCUT2D eigenvalue weighted by Crippen LogP contribution is -2.45. The summed E-state index contributed by atoms with van der Waals surface area (Å²) in [4.78, 5) is 23.8. The van der Waals surface area contributed by atoms with Crippen LogP contribution in [0.25, 0.3) is 0 Å². The molecule has 6 heteroatoms. The Hall–Kier alpha value is -1.14. The summed E-state index contributed by atoms with van der Waals surface area (Å²) in [6, 6.07) is 0. The van der Waals surface area contributed by atoms with Gasteiger partial charge in [-0.1, -0.05) is 12.2 Å². The van der Waals surface area contributed by atoms with Gasteiger partial charge in [0.1, 0.15) is 0 Å². The molecular weight excluding hydrogens is 264 g/mol. The Morgan fingerprint density at radius 1 is 1.11 bits per heavy atom. The molecule has 0 aromatic rings. The molecule has 1 aliphatic carbocycles. The van der Waals surface area contributed by atoms with Crippen LogP contribution in [0.2, 0.25) is 19.6 Å². The molecule has 3 unspecified atom stereocenters. The van der Waals surface area contributed by atoms with Crippen LogP contribution < -0.4 is 0 Å². The second-order valence-corrected chi connectivity index (χ2v) is 10.00. The smallest absolute Gasteiger partial charge is 0.312 e. The number of methoxy groups -OCH3 is 2. The molecule has 0 fully saturated rings. The lowest BCUT2D eigenvalue weighted by Gasteiger charge is -2.34. The molecule has 0 aromatic heterocycles. The quantitative estimate of drug-likeness (QED) is 0.447. The lowest BCUT2D eigenvalue weighted by atomic mass is 9.81. The fraction of sp³-hybridized carbons (Fsp3) is 0.692. The van der Waals surface area contributed by atoms with Gasteiger partial charge in [-0.2, -0.15) is 0 Å². The van der Waals surface area contributed by atoms with Gasteiger partial charge >= 0.3 is 11.9 Å². The van der Waals surface area contributed by atoms with Crippen molar-refractivity contribution < 1.29 is 23.5 Å². The zero-order valence-corrected chi connectivity index (χ0v) is 13.1. The van der Waals surface area contributed by atoms with Crippen molar-refractivity contribution in [3.05, 3.63) is 12.2 Å². The standard InChI is InChI=1S/C13H22O5Si/c1-16-12(14)9-7-6-8-10(18-19(3,4)5)11(9)13(15)17-2/h6,8-11H,7H2,1-5H3. The van der Waals surface area contributed by atoms with Crippen LogP contribution in [0.4, 0.5) is 0 Å². The maximum atomic E-state index is 12.0. The summed E-state index contributed by atoms with van der Waals surface area (Å²) in [5.74, 6) is -2.00. The summed E-state index contributed by atoms with van der Waals surface area (Å²) in [5.41, 5.74) is 0. The van der Waals surface area contributed by atoms with E-state index in [-0.39, 0.29) is 0 Å². The molecule has 5 nitrogen and oxygen atoms in total. The Balaban J connectivity index is 3.01. The maximum Gasteiger partial charge on any atom is 0.312 e. The highest BCUT2D eigenvalue weighted by Crippen LogP contribution is 2.31. The number of carbonyl (C=O) groups is 2. The lowest BCUT2D eigenvalue weighted by molar-refractivity contribution is -0.161. The van der Waals surface area contributed by atoms with Crippen molar-refractivity contribution >= 4 is 20.3 Å². The molecule has 1 aliphatic rings. The molecule has 0 spiro atoms. The van der Waals surface area contributed by atoms with Crippen molar-refractivity contribution in [1.29, 1.82) is 0 Å². The molecule has 0 N–H and O–H groups in total. The van der Waals surface area contributed by atoms with E-state index in [1.54, 1.807) is 0 Å². The fourth-order valence-electron chi connectivity index (χ4n) is 2.20. The van der Waals surface area contributed by atoms with Crippen LogP contribution in [0.3, 0.4) is 0 Å². The van der Waals surface area contributed by atoms with Gasteiger partial charge in [0.2, 0.25) is 0 Å². The Morgan fingerprint density at radius 2 is 1.68 bits per heavy atom. The Morgan fingerprint density at radius 3 is 2.16 bits per heavy atom.